The molecule has 0 aliphatic carbocycles. The number of carbonyl (C=O) groups is 1. The molecule has 1 atom stereocenters. The van der Waals surface area contributed by atoms with Crippen molar-refractivity contribution in [3.05, 3.63) is 71.5 Å². The molecule has 28 heavy (non-hydrogen) atoms. The van der Waals surface area contributed by atoms with Crippen molar-refractivity contribution in [2.45, 2.75) is 45.0 Å². The van der Waals surface area contributed by atoms with Crippen LogP contribution in [0, 0.1) is 0 Å². The molecule has 0 saturated carbocycles. The highest BCUT2D eigenvalue weighted by Crippen LogP contribution is 2.25. The Balaban J connectivity index is 1.67. The fourth-order valence-electron chi connectivity index (χ4n) is 2.90. The number of benzene rings is 2. The van der Waals surface area contributed by atoms with Gasteiger partial charge in [-0.25, -0.2) is 0 Å². The normalized spacial score (nSPS) is 12.0. The maximum atomic E-state index is 12.3. The van der Waals surface area contributed by atoms with Gasteiger partial charge in [-0.2, -0.15) is 0 Å². The molecule has 0 spiro atoms. The van der Waals surface area contributed by atoms with Gasteiger partial charge < -0.3 is 9.30 Å². The molecule has 0 aliphatic rings. The number of nitrogens with zero attached hydrogens (tertiary/aromatic N) is 3. The topological polar surface area (TPSA) is 57.0 Å². The van der Waals surface area contributed by atoms with E-state index in [1.165, 1.54) is 17.3 Å². The lowest BCUT2D eigenvalue weighted by Gasteiger charge is -2.15. The van der Waals surface area contributed by atoms with Crippen LogP contribution >= 0.6 is 11.8 Å². The Morgan fingerprint density at radius 3 is 2.43 bits per heavy atom. The summed E-state index contributed by atoms with van der Waals surface area (Å²) >= 11 is 1.41. The van der Waals surface area contributed by atoms with Crippen molar-refractivity contribution in [2.75, 3.05) is 5.75 Å². The minimum atomic E-state index is -0.237. The van der Waals surface area contributed by atoms with Gasteiger partial charge in [0.2, 0.25) is 0 Å². The van der Waals surface area contributed by atoms with Crippen LogP contribution in [0.15, 0.2) is 59.8 Å². The first-order valence-corrected chi connectivity index (χ1v) is 10.5. The second-order valence-electron chi connectivity index (χ2n) is 6.42. The molecule has 5 nitrogen and oxygen atoms in total. The van der Waals surface area contributed by atoms with Crippen LogP contribution in [0.2, 0.25) is 0 Å². The Morgan fingerprint density at radius 2 is 1.79 bits per heavy atom. The standard InChI is InChI=1S/C22H25N3O2S/c1-4-17-11-13-19(14-12-17)27-16(3)21-23-24-22(25(21)5-2)28-15-20(26)18-9-7-6-8-10-18/h6-14,16H,4-5,15H2,1-3H3/t16-/m0/s1. The first-order valence-electron chi connectivity index (χ1n) is 9.52. The molecular weight excluding hydrogens is 370 g/mol. The van der Waals surface area contributed by atoms with E-state index in [9.17, 15) is 4.79 Å². The van der Waals surface area contributed by atoms with E-state index < -0.39 is 0 Å². The van der Waals surface area contributed by atoms with E-state index in [1.807, 2.05) is 60.9 Å². The summed E-state index contributed by atoms with van der Waals surface area (Å²) in [5.41, 5.74) is 1.99. The van der Waals surface area contributed by atoms with Crippen molar-refractivity contribution in [3.63, 3.8) is 0 Å². The zero-order chi connectivity index (χ0) is 19.9. The Labute approximate surface area is 170 Å². The van der Waals surface area contributed by atoms with E-state index >= 15 is 0 Å². The molecule has 0 saturated heterocycles. The third-order valence-electron chi connectivity index (χ3n) is 4.50. The summed E-state index contributed by atoms with van der Waals surface area (Å²) in [6.07, 6.45) is 0.765. The molecule has 2 aromatic carbocycles. The first-order chi connectivity index (χ1) is 13.6. The molecule has 0 radical (unpaired) electrons. The number of rotatable bonds is 9. The third-order valence-corrected chi connectivity index (χ3v) is 5.46. The lowest BCUT2D eigenvalue weighted by molar-refractivity contribution is 0.102. The number of ketones is 1. The Bertz CT molecular complexity index is 907. The van der Waals surface area contributed by atoms with Gasteiger partial charge in [0.15, 0.2) is 22.9 Å². The summed E-state index contributed by atoms with van der Waals surface area (Å²) in [5, 5.41) is 9.34. The quantitative estimate of drug-likeness (QED) is 0.378. The molecular formula is C22H25N3O2S. The summed E-state index contributed by atoms with van der Waals surface area (Å²) in [4.78, 5) is 12.3. The van der Waals surface area contributed by atoms with Gasteiger partial charge in [0, 0.05) is 12.1 Å². The van der Waals surface area contributed by atoms with Gasteiger partial charge in [-0.1, -0.05) is 61.2 Å². The van der Waals surface area contributed by atoms with Crippen molar-refractivity contribution >= 4 is 17.5 Å². The van der Waals surface area contributed by atoms with E-state index in [1.54, 1.807) is 0 Å². The highest BCUT2D eigenvalue weighted by atomic mass is 32.2. The smallest absolute Gasteiger partial charge is 0.191 e. The van der Waals surface area contributed by atoms with E-state index in [0.29, 0.717) is 17.9 Å². The van der Waals surface area contributed by atoms with Gasteiger partial charge in [0.1, 0.15) is 5.75 Å². The van der Waals surface area contributed by atoms with Crippen LogP contribution < -0.4 is 4.74 Å². The predicted molar refractivity (Wildman–Crippen MR) is 112 cm³/mol. The fraction of sp³-hybridized carbons (Fsp3) is 0.318. The van der Waals surface area contributed by atoms with Gasteiger partial charge in [-0.15, -0.1) is 10.2 Å². The largest absolute Gasteiger partial charge is 0.483 e. The van der Waals surface area contributed by atoms with Crippen molar-refractivity contribution in [2.24, 2.45) is 0 Å². The van der Waals surface area contributed by atoms with Gasteiger partial charge in [0.05, 0.1) is 5.75 Å². The second-order valence-corrected chi connectivity index (χ2v) is 7.36. The molecule has 0 bridgehead atoms. The Morgan fingerprint density at radius 1 is 1.07 bits per heavy atom. The minimum absolute atomic E-state index is 0.0816. The van der Waals surface area contributed by atoms with Crippen LogP contribution in [0.4, 0.5) is 0 Å². The minimum Gasteiger partial charge on any atom is -0.483 e. The zero-order valence-electron chi connectivity index (χ0n) is 16.5. The van der Waals surface area contributed by atoms with Crippen LogP contribution in [0.5, 0.6) is 5.75 Å². The first kappa shape index (κ1) is 20.1. The van der Waals surface area contributed by atoms with Crippen molar-refractivity contribution < 1.29 is 9.53 Å². The number of thioether (sulfide) groups is 1. The number of Topliss-reactive ketones (excluding diaryl/α,β-unsaturated/α-hetero) is 1. The van der Waals surface area contributed by atoms with E-state index in [2.05, 4.69) is 29.3 Å². The summed E-state index contributed by atoms with van der Waals surface area (Å²) in [7, 11) is 0. The predicted octanol–water partition coefficient (Wildman–Crippen LogP) is 4.98. The van der Waals surface area contributed by atoms with E-state index in [-0.39, 0.29) is 11.9 Å². The molecule has 3 aromatic rings. The Hall–Kier alpha value is -2.60. The van der Waals surface area contributed by atoms with Crippen LogP contribution in [0.25, 0.3) is 0 Å². The van der Waals surface area contributed by atoms with Crippen LogP contribution in [-0.4, -0.2) is 26.3 Å². The zero-order valence-corrected chi connectivity index (χ0v) is 17.3. The number of aromatic nitrogens is 3. The molecule has 6 heteroatoms. The summed E-state index contributed by atoms with van der Waals surface area (Å²) in [6.45, 7) is 6.85. The summed E-state index contributed by atoms with van der Waals surface area (Å²) in [6, 6.07) is 17.4. The third kappa shape index (κ3) is 4.81. The highest BCUT2D eigenvalue weighted by molar-refractivity contribution is 7.99. The fourth-order valence-corrected chi connectivity index (χ4v) is 3.81. The molecule has 0 aliphatic heterocycles. The number of hydrogen-bond acceptors (Lipinski definition) is 5. The van der Waals surface area contributed by atoms with Crippen LogP contribution in [0.3, 0.4) is 0 Å². The van der Waals surface area contributed by atoms with Gasteiger partial charge >= 0.3 is 0 Å². The lowest BCUT2D eigenvalue weighted by atomic mass is 10.2. The van der Waals surface area contributed by atoms with Crippen molar-refractivity contribution in [1.82, 2.24) is 14.8 Å². The number of carbonyl (C=O) groups excluding carboxylic acids is 1. The average Bonchev–Trinajstić information content (AvgIpc) is 3.16. The number of hydrogen-bond donors (Lipinski definition) is 0. The molecule has 3 rings (SSSR count). The van der Waals surface area contributed by atoms with Gasteiger partial charge in [0.25, 0.3) is 0 Å². The molecule has 0 amide bonds. The lowest BCUT2D eigenvalue weighted by Crippen LogP contribution is -2.12. The maximum Gasteiger partial charge on any atom is 0.191 e. The van der Waals surface area contributed by atoms with Crippen molar-refractivity contribution in [3.8, 4) is 5.75 Å². The Kier molecular flexibility index (Phi) is 6.87. The average molecular weight is 396 g/mol. The van der Waals surface area contributed by atoms with Crippen molar-refractivity contribution in [1.29, 1.82) is 0 Å². The maximum absolute atomic E-state index is 12.3. The van der Waals surface area contributed by atoms with Crippen LogP contribution in [-0.2, 0) is 13.0 Å². The molecule has 0 unspecified atom stereocenters. The number of ether oxygens (including phenoxy) is 1. The molecule has 1 heterocycles. The summed E-state index contributed by atoms with van der Waals surface area (Å²) in [5.74, 6) is 1.98. The van der Waals surface area contributed by atoms with Gasteiger partial charge in [-0.05, 0) is 38.0 Å². The van der Waals surface area contributed by atoms with E-state index in [4.69, 9.17) is 4.74 Å². The van der Waals surface area contributed by atoms with Crippen LogP contribution in [0.1, 0.15) is 48.6 Å². The summed E-state index contributed by atoms with van der Waals surface area (Å²) < 4.78 is 8.06. The SMILES string of the molecule is CCc1ccc(O[C@@H](C)c2nnc(SCC(=O)c3ccccc3)n2CC)cc1. The number of aryl methyl sites for hydroxylation is 1. The van der Waals surface area contributed by atoms with Gasteiger partial charge in [-0.3, -0.25) is 4.79 Å². The molecule has 0 fully saturated rings. The molecule has 0 N–H and O–H groups in total. The monoisotopic (exact) mass is 395 g/mol. The molecule has 146 valence electrons. The van der Waals surface area contributed by atoms with E-state index in [0.717, 1.165) is 23.2 Å². The highest BCUT2D eigenvalue weighted by Gasteiger charge is 2.19. The molecule has 1 aromatic heterocycles. The second kappa shape index (κ2) is 9.55.